The third kappa shape index (κ3) is 5.95. The third-order valence-electron chi connectivity index (χ3n) is 3.64. The van der Waals surface area contributed by atoms with Gasteiger partial charge >= 0.3 is 0 Å². The summed E-state index contributed by atoms with van der Waals surface area (Å²) in [5.74, 6) is -0.432. The van der Waals surface area contributed by atoms with Gasteiger partial charge in [0.1, 0.15) is 5.82 Å². The van der Waals surface area contributed by atoms with Gasteiger partial charge in [-0.05, 0) is 44.5 Å². The number of nitrogens with one attached hydrogen (secondary N) is 3. The number of sulfonamides is 1. The van der Waals surface area contributed by atoms with Crippen molar-refractivity contribution in [3.63, 3.8) is 0 Å². The zero-order valence-electron chi connectivity index (χ0n) is 15.8. The van der Waals surface area contributed by atoms with Crippen molar-refractivity contribution in [2.45, 2.75) is 39.5 Å². The van der Waals surface area contributed by atoms with E-state index in [1.807, 2.05) is 13.8 Å². The molecule has 0 saturated heterocycles. The minimum Gasteiger partial charge on any atom is -0.369 e. The van der Waals surface area contributed by atoms with Crippen LogP contribution in [0.1, 0.15) is 39.0 Å². The molecule has 1 aromatic heterocycles. The average Bonchev–Trinajstić information content (AvgIpc) is 2.59. The first-order valence-electron chi connectivity index (χ1n) is 8.78. The highest BCUT2D eigenvalue weighted by atomic mass is 35.5. The Hall–Kier alpha value is -2.10. The maximum atomic E-state index is 14.8. The van der Waals surface area contributed by atoms with Crippen LogP contribution in [0.15, 0.2) is 30.5 Å². The van der Waals surface area contributed by atoms with E-state index in [4.69, 9.17) is 11.6 Å². The van der Waals surface area contributed by atoms with Gasteiger partial charge in [0.25, 0.3) is 0 Å². The van der Waals surface area contributed by atoms with Gasteiger partial charge in [0, 0.05) is 6.04 Å². The van der Waals surface area contributed by atoms with Crippen LogP contribution in [0.2, 0.25) is 5.02 Å². The average molecular weight is 431 g/mol. The van der Waals surface area contributed by atoms with Gasteiger partial charge in [-0.15, -0.1) is 0 Å². The molecule has 1 atom stereocenters. The molecule has 0 aliphatic carbocycles. The number of benzene rings is 1. The molecule has 154 valence electrons. The van der Waals surface area contributed by atoms with Crippen LogP contribution < -0.4 is 15.4 Å². The van der Waals surface area contributed by atoms with Gasteiger partial charge in [-0.2, -0.15) is 0 Å². The third-order valence-corrected chi connectivity index (χ3v) is 5.45. The molecule has 10 heteroatoms. The summed E-state index contributed by atoms with van der Waals surface area (Å²) in [5.41, 5.74) is -0.0970. The molecule has 28 heavy (non-hydrogen) atoms. The number of aliphatic hydroxyl groups is 1. The Morgan fingerprint density at radius 2 is 1.93 bits per heavy atom. The number of rotatable bonds is 9. The van der Waals surface area contributed by atoms with E-state index >= 15 is 0 Å². The van der Waals surface area contributed by atoms with Crippen LogP contribution in [0.5, 0.6) is 0 Å². The van der Waals surface area contributed by atoms with E-state index in [9.17, 15) is 17.9 Å². The molecule has 2 rings (SSSR count). The van der Waals surface area contributed by atoms with E-state index in [0.29, 0.717) is 17.9 Å². The standard InChI is InChI=1S/C18H24ClFN4O3S/c1-4-9-28(26,27)24-14-7-6-13(19)16(17(14)20)18(25)23-12-5-8-15(21-10-12)22-11(2)3/h5-8,10-11,18,23-25H,4,9H2,1-3H3,(H,21,22). The van der Waals surface area contributed by atoms with Crippen molar-refractivity contribution in [1.82, 2.24) is 4.98 Å². The normalized spacial score (nSPS) is 12.7. The number of nitrogens with zero attached hydrogens (tertiary/aromatic N) is 1. The molecular formula is C18H24ClFN4O3S. The molecule has 0 saturated carbocycles. The topological polar surface area (TPSA) is 103 Å². The van der Waals surface area contributed by atoms with Gasteiger partial charge in [0.15, 0.2) is 12.0 Å². The molecule has 4 N–H and O–H groups in total. The van der Waals surface area contributed by atoms with E-state index in [1.54, 1.807) is 19.1 Å². The molecule has 7 nitrogen and oxygen atoms in total. The second kappa shape index (κ2) is 9.40. The Bertz CT molecular complexity index is 908. The van der Waals surface area contributed by atoms with Gasteiger partial charge in [0.2, 0.25) is 10.0 Å². The Balaban J connectivity index is 2.22. The van der Waals surface area contributed by atoms with Crippen molar-refractivity contribution < 1.29 is 17.9 Å². The molecule has 1 unspecified atom stereocenters. The van der Waals surface area contributed by atoms with Crippen LogP contribution in [0.4, 0.5) is 21.6 Å². The Morgan fingerprint density at radius 1 is 1.21 bits per heavy atom. The van der Waals surface area contributed by atoms with Gasteiger partial charge in [-0.1, -0.05) is 18.5 Å². The van der Waals surface area contributed by atoms with Crippen molar-refractivity contribution in [3.05, 3.63) is 46.9 Å². The van der Waals surface area contributed by atoms with Crippen LogP contribution in [0, 0.1) is 5.82 Å². The predicted molar refractivity (Wildman–Crippen MR) is 111 cm³/mol. The summed E-state index contributed by atoms with van der Waals surface area (Å²) in [4.78, 5) is 4.19. The highest BCUT2D eigenvalue weighted by Gasteiger charge is 2.22. The van der Waals surface area contributed by atoms with Crippen molar-refractivity contribution >= 4 is 38.8 Å². The predicted octanol–water partition coefficient (Wildman–Crippen LogP) is 3.95. The molecule has 2 aromatic rings. The first-order valence-corrected chi connectivity index (χ1v) is 10.8. The highest BCUT2D eigenvalue weighted by Crippen LogP contribution is 2.32. The maximum Gasteiger partial charge on any atom is 0.232 e. The van der Waals surface area contributed by atoms with Crippen molar-refractivity contribution in [2.75, 3.05) is 21.1 Å². The molecule has 0 radical (unpaired) electrons. The molecule has 0 aliphatic rings. The highest BCUT2D eigenvalue weighted by molar-refractivity contribution is 7.92. The van der Waals surface area contributed by atoms with Crippen molar-refractivity contribution in [1.29, 1.82) is 0 Å². The van der Waals surface area contributed by atoms with E-state index < -0.39 is 22.1 Å². The van der Waals surface area contributed by atoms with Crippen LogP contribution >= 0.6 is 11.6 Å². The number of pyridine rings is 1. The fourth-order valence-corrected chi connectivity index (χ4v) is 3.86. The minimum absolute atomic E-state index is 0.0398. The number of hydrogen-bond acceptors (Lipinski definition) is 6. The molecule has 0 spiro atoms. The molecule has 0 bridgehead atoms. The van der Waals surface area contributed by atoms with E-state index in [1.165, 1.54) is 18.3 Å². The van der Waals surface area contributed by atoms with Crippen molar-refractivity contribution in [2.24, 2.45) is 0 Å². The number of aromatic nitrogens is 1. The summed E-state index contributed by atoms with van der Waals surface area (Å²) >= 11 is 6.03. The fourth-order valence-electron chi connectivity index (χ4n) is 2.48. The number of halogens is 2. The van der Waals surface area contributed by atoms with E-state index in [0.717, 1.165) is 0 Å². The molecule has 0 fully saturated rings. The number of hydrogen-bond donors (Lipinski definition) is 4. The Kier molecular flexibility index (Phi) is 7.45. The first kappa shape index (κ1) is 22.2. The number of aliphatic hydroxyl groups excluding tert-OH is 1. The molecule has 1 heterocycles. The molecule has 0 amide bonds. The lowest BCUT2D eigenvalue weighted by atomic mass is 10.1. The van der Waals surface area contributed by atoms with Gasteiger partial charge in [0.05, 0.1) is 33.9 Å². The summed E-state index contributed by atoms with van der Waals surface area (Å²) in [6.07, 6.45) is 0.359. The zero-order valence-corrected chi connectivity index (χ0v) is 17.4. The van der Waals surface area contributed by atoms with E-state index in [-0.39, 0.29) is 28.1 Å². The van der Waals surface area contributed by atoms with Crippen molar-refractivity contribution in [3.8, 4) is 0 Å². The summed E-state index contributed by atoms with van der Waals surface area (Å²) in [7, 11) is -3.69. The molecular weight excluding hydrogens is 407 g/mol. The lowest BCUT2D eigenvalue weighted by Gasteiger charge is -2.19. The summed E-state index contributed by atoms with van der Waals surface area (Å²) in [6.45, 7) is 5.65. The van der Waals surface area contributed by atoms with Crippen LogP contribution in [-0.2, 0) is 10.0 Å². The maximum absolute atomic E-state index is 14.8. The molecule has 0 aliphatic heterocycles. The van der Waals surface area contributed by atoms with Crippen LogP contribution in [-0.4, -0.2) is 30.3 Å². The second-order valence-electron chi connectivity index (χ2n) is 6.52. The summed E-state index contributed by atoms with van der Waals surface area (Å²) in [5, 5.41) is 16.2. The smallest absolute Gasteiger partial charge is 0.232 e. The monoisotopic (exact) mass is 430 g/mol. The fraction of sp³-hybridized carbons (Fsp3) is 0.389. The second-order valence-corrected chi connectivity index (χ2v) is 8.77. The van der Waals surface area contributed by atoms with Gasteiger partial charge in [-0.25, -0.2) is 17.8 Å². The van der Waals surface area contributed by atoms with Gasteiger partial charge < -0.3 is 15.7 Å². The lowest BCUT2D eigenvalue weighted by Crippen LogP contribution is -2.19. The SMILES string of the molecule is CCCS(=O)(=O)Nc1ccc(Cl)c(C(O)Nc2ccc(NC(C)C)nc2)c1F. The van der Waals surface area contributed by atoms with E-state index in [2.05, 4.69) is 20.3 Å². The Morgan fingerprint density at radius 3 is 2.50 bits per heavy atom. The summed E-state index contributed by atoms with van der Waals surface area (Å²) in [6, 6.07) is 6.13. The van der Waals surface area contributed by atoms with Gasteiger partial charge in [-0.3, -0.25) is 4.72 Å². The molecule has 1 aromatic carbocycles. The van der Waals surface area contributed by atoms with Crippen LogP contribution in [0.25, 0.3) is 0 Å². The number of anilines is 3. The van der Waals surface area contributed by atoms with Crippen LogP contribution in [0.3, 0.4) is 0 Å². The first-order chi connectivity index (χ1) is 13.1. The Labute approximate surface area is 169 Å². The lowest BCUT2D eigenvalue weighted by molar-refractivity contribution is 0.203. The zero-order chi connectivity index (χ0) is 20.9. The summed E-state index contributed by atoms with van der Waals surface area (Å²) < 4.78 is 40.8. The largest absolute Gasteiger partial charge is 0.369 e. The minimum atomic E-state index is -3.69. The quantitative estimate of drug-likeness (QED) is 0.449.